The molecular formula is C43H71N3O17. The Kier molecular flexibility index (Phi) is 23.0. The van der Waals surface area contributed by atoms with Crippen LogP contribution in [0.3, 0.4) is 0 Å². The third-order valence-electron chi connectivity index (χ3n) is 9.27. The minimum atomic E-state index is -1.41. The van der Waals surface area contributed by atoms with Crippen LogP contribution in [-0.2, 0) is 57.0 Å². The molecule has 3 heterocycles. The first-order valence-electron chi connectivity index (χ1n) is 21.3. The number of carbonyl (C=O) groups excluding carboxylic acids is 5. The number of rotatable bonds is 14. The first-order valence-corrected chi connectivity index (χ1v) is 21.3. The monoisotopic (exact) mass is 901 g/mol. The molecule has 0 spiro atoms. The Bertz CT molecular complexity index is 1570. The molecule has 2 aliphatic heterocycles. The van der Waals surface area contributed by atoms with Gasteiger partial charge in [-0.15, -0.1) is 0 Å². The Balaban J connectivity index is 0.000000435. The number of hydrogen-bond donors (Lipinski definition) is 2. The first kappa shape index (κ1) is 54.8. The van der Waals surface area contributed by atoms with Crippen molar-refractivity contribution in [2.24, 2.45) is 0 Å². The highest BCUT2D eigenvalue weighted by atomic mass is 16.6. The van der Waals surface area contributed by atoms with Crippen LogP contribution >= 0.6 is 0 Å². The molecule has 3 rings (SSSR count). The van der Waals surface area contributed by atoms with E-state index in [1.165, 1.54) is 33.6 Å². The van der Waals surface area contributed by atoms with Crippen molar-refractivity contribution in [3.63, 3.8) is 0 Å². The third-order valence-corrected chi connectivity index (χ3v) is 9.27. The average molecular weight is 902 g/mol. The number of carbonyl (C=O) groups is 5. The molecule has 8 atom stereocenters. The molecule has 3 amide bonds. The molecule has 0 aromatic carbocycles. The molecule has 2 fully saturated rings. The van der Waals surface area contributed by atoms with Crippen LogP contribution in [0.5, 0.6) is 11.5 Å². The highest BCUT2D eigenvalue weighted by molar-refractivity contribution is 5.98. The van der Waals surface area contributed by atoms with Gasteiger partial charge >= 0.3 is 24.1 Å². The summed E-state index contributed by atoms with van der Waals surface area (Å²) in [6.45, 7) is 18.2. The zero-order valence-corrected chi connectivity index (χ0v) is 39.2. The van der Waals surface area contributed by atoms with Gasteiger partial charge in [-0.25, -0.2) is 24.2 Å². The van der Waals surface area contributed by atoms with Gasteiger partial charge in [0.2, 0.25) is 0 Å². The Hall–Kier alpha value is -4.34. The van der Waals surface area contributed by atoms with Crippen molar-refractivity contribution in [1.82, 2.24) is 15.2 Å². The van der Waals surface area contributed by atoms with Crippen LogP contribution in [0.1, 0.15) is 105 Å². The van der Waals surface area contributed by atoms with Crippen molar-refractivity contribution in [2.45, 2.75) is 155 Å². The van der Waals surface area contributed by atoms with Crippen molar-refractivity contribution < 1.29 is 81.2 Å². The second-order valence-electron chi connectivity index (χ2n) is 16.9. The van der Waals surface area contributed by atoms with Gasteiger partial charge in [-0.05, 0) is 68.2 Å². The summed E-state index contributed by atoms with van der Waals surface area (Å²) >= 11 is 0. The summed E-state index contributed by atoms with van der Waals surface area (Å²) in [5.74, 6) is -2.62. The van der Waals surface area contributed by atoms with Gasteiger partial charge in [-0.2, -0.15) is 4.90 Å². The largest absolute Gasteiger partial charge is 0.503 e. The normalized spacial score (nSPS) is 24.8. The first-order chi connectivity index (χ1) is 29.6. The fraction of sp³-hybridized carbons (Fsp3) is 0.767. The molecule has 0 radical (unpaired) electrons. The van der Waals surface area contributed by atoms with E-state index in [4.69, 9.17) is 52.1 Å². The number of pyridine rings is 1. The zero-order chi connectivity index (χ0) is 47.5. The quantitative estimate of drug-likeness (QED) is 0.146. The van der Waals surface area contributed by atoms with Crippen LogP contribution in [0.2, 0.25) is 0 Å². The van der Waals surface area contributed by atoms with E-state index in [0.29, 0.717) is 18.1 Å². The highest BCUT2D eigenvalue weighted by Crippen LogP contribution is 2.28. The van der Waals surface area contributed by atoms with Crippen LogP contribution in [-0.4, -0.2) is 166 Å². The summed E-state index contributed by atoms with van der Waals surface area (Å²) in [4.78, 5) is 68.6. The fourth-order valence-corrected chi connectivity index (χ4v) is 6.15. The van der Waals surface area contributed by atoms with Gasteiger partial charge in [0.25, 0.3) is 5.91 Å². The maximum atomic E-state index is 13.1. The maximum absolute atomic E-state index is 13.1. The second-order valence-corrected chi connectivity index (χ2v) is 16.9. The molecular weight excluding hydrogens is 830 g/mol. The number of aromatic hydroxyl groups is 1. The number of aromatic nitrogens is 1. The lowest BCUT2D eigenvalue weighted by molar-refractivity contribution is -0.166. The molecule has 0 bridgehead atoms. The lowest BCUT2D eigenvalue weighted by atomic mass is 10.1. The van der Waals surface area contributed by atoms with Gasteiger partial charge in [0.05, 0.1) is 33.5 Å². The fourth-order valence-electron chi connectivity index (χ4n) is 6.15. The number of methoxy groups -OCH3 is 3. The van der Waals surface area contributed by atoms with E-state index in [-0.39, 0.29) is 37.9 Å². The van der Waals surface area contributed by atoms with Gasteiger partial charge in [0.1, 0.15) is 47.8 Å². The Morgan fingerprint density at radius 1 is 0.778 bits per heavy atom. The maximum Gasteiger partial charge on any atom is 0.420 e. The van der Waals surface area contributed by atoms with Crippen molar-refractivity contribution in [3.8, 4) is 11.5 Å². The van der Waals surface area contributed by atoms with E-state index in [1.54, 1.807) is 55.4 Å². The number of nitrogens with zero attached hydrogens (tertiary/aromatic N) is 2. The number of ether oxygens (including phenoxy) is 11. The van der Waals surface area contributed by atoms with Crippen LogP contribution in [0.25, 0.3) is 0 Å². The number of unbranched alkanes of at least 4 members (excludes halogenated alkanes) is 2. The van der Waals surface area contributed by atoms with Gasteiger partial charge < -0.3 is 62.5 Å². The van der Waals surface area contributed by atoms with E-state index < -0.39 is 95.7 Å². The molecule has 1 aromatic rings. The van der Waals surface area contributed by atoms with Gasteiger partial charge in [0.15, 0.2) is 29.3 Å². The lowest BCUT2D eigenvalue weighted by Gasteiger charge is -2.32. The zero-order valence-electron chi connectivity index (χ0n) is 39.2. The summed E-state index contributed by atoms with van der Waals surface area (Å²) in [5, 5.41) is 12.6. The topological polar surface area (TPSA) is 235 Å². The van der Waals surface area contributed by atoms with Crippen LogP contribution in [0.15, 0.2) is 12.3 Å². The minimum Gasteiger partial charge on any atom is -0.503 e. The second kappa shape index (κ2) is 26.4. The predicted octanol–water partition coefficient (Wildman–Crippen LogP) is 4.75. The van der Waals surface area contributed by atoms with E-state index in [1.807, 2.05) is 6.92 Å². The number of imide groups is 1. The van der Waals surface area contributed by atoms with E-state index in [2.05, 4.69) is 17.2 Å². The third kappa shape index (κ3) is 18.0. The molecule has 0 unspecified atom stereocenters. The number of amides is 3. The van der Waals surface area contributed by atoms with Gasteiger partial charge in [-0.3, -0.25) is 4.79 Å². The smallest absolute Gasteiger partial charge is 0.420 e. The molecule has 0 aliphatic carbocycles. The lowest BCUT2D eigenvalue weighted by Crippen LogP contribution is -2.54. The summed E-state index contributed by atoms with van der Waals surface area (Å²) in [5.41, 5.74) is -2.09. The summed E-state index contributed by atoms with van der Waals surface area (Å²) in [7, 11) is 4.36. The molecule has 2 saturated heterocycles. The van der Waals surface area contributed by atoms with Crippen LogP contribution < -0.4 is 10.1 Å². The van der Waals surface area contributed by atoms with Gasteiger partial charge in [-0.1, -0.05) is 26.7 Å². The molecule has 2 N–H and O–H groups in total. The average Bonchev–Trinajstić information content (AvgIpc) is 3.27. The Labute approximate surface area is 371 Å². The number of hydrogen-bond acceptors (Lipinski definition) is 18. The van der Waals surface area contributed by atoms with E-state index in [0.717, 1.165) is 25.7 Å². The number of cyclic esters (lactones) is 2. The minimum absolute atomic E-state index is 0.0795. The molecule has 20 nitrogen and oxygen atoms in total. The number of esters is 2. The SMILES string of the molecule is CCCCO[C@H]1COC[C@H](N(C(=O)OC(C)(C)C)C(=O)OC(C)(C)C)C(=O)O[C@@H](C)[C@@H]1OC.CCCCO[C@H]1COC[C@H](NC(=O)c2nccc(OC)c2O)C(=O)O[C@@H](C)[C@@H]1OC. The summed E-state index contributed by atoms with van der Waals surface area (Å²) in [6.07, 6.45) is -0.473. The van der Waals surface area contributed by atoms with E-state index >= 15 is 0 Å². The molecule has 2 aliphatic rings. The summed E-state index contributed by atoms with van der Waals surface area (Å²) < 4.78 is 61.0. The molecule has 20 heteroatoms. The van der Waals surface area contributed by atoms with Crippen molar-refractivity contribution in [2.75, 3.05) is 61.0 Å². The highest BCUT2D eigenvalue weighted by Gasteiger charge is 2.44. The summed E-state index contributed by atoms with van der Waals surface area (Å²) in [6, 6.07) is -1.10. The van der Waals surface area contributed by atoms with Crippen LogP contribution in [0.4, 0.5) is 9.59 Å². The predicted molar refractivity (Wildman–Crippen MR) is 225 cm³/mol. The Morgan fingerprint density at radius 2 is 1.25 bits per heavy atom. The Morgan fingerprint density at radius 3 is 1.70 bits per heavy atom. The molecule has 0 saturated carbocycles. The standard InChI is InChI=1S/C23H41NO9.C20H30N2O8/c1-10-11-12-30-17-14-29-13-16(19(25)31-15(2)18(17)28-9)24(20(26)32-22(3,4)5)21(27)33-23(6,7)8;1-5-6-9-29-15-11-28-10-13(20(25)30-12(2)18(15)27-4)22-19(24)16-17(23)14(26-3)7-8-21-16/h15-18H,10-14H2,1-9H3;7-8,12-13,15,18,23H,5-6,9-11H2,1-4H3,(H,22,24)/t15-,16-,17-,18-;12-,13-,15-,18-/m00/s1. The van der Waals surface area contributed by atoms with Crippen molar-refractivity contribution >= 4 is 30.0 Å². The van der Waals surface area contributed by atoms with Crippen molar-refractivity contribution in [3.05, 3.63) is 18.0 Å². The van der Waals surface area contributed by atoms with Gasteiger partial charge in [0, 0.05) is 39.7 Å². The van der Waals surface area contributed by atoms with Crippen LogP contribution in [0, 0.1) is 0 Å². The molecule has 360 valence electrons. The molecule has 1 aromatic heterocycles. The van der Waals surface area contributed by atoms with E-state index in [9.17, 15) is 29.1 Å². The number of nitrogens with one attached hydrogen (secondary N) is 1. The molecule has 63 heavy (non-hydrogen) atoms. The van der Waals surface area contributed by atoms with Crippen molar-refractivity contribution in [1.29, 1.82) is 0 Å².